The summed E-state index contributed by atoms with van der Waals surface area (Å²) in [5, 5.41) is 7.82. The SMILES string of the molecule is CN(c1ncccc1CNc1nc(Nc2ccc(N3CCN(Cc4ccc5c(c4Br)C(=O)N(C4CCC(=O)NC4=O)C5=O)CC3)cc2)ncc1C(F)(F)F)S(C)(=O)=O. The minimum absolute atomic E-state index is 0.0349. The lowest BCUT2D eigenvalue weighted by molar-refractivity contribution is -0.138. The number of benzene rings is 2. The van der Waals surface area contributed by atoms with E-state index in [-0.39, 0.29) is 42.3 Å². The molecule has 0 saturated carbocycles. The van der Waals surface area contributed by atoms with Gasteiger partial charge in [0, 0.05) is 86.5 Å². The zero-order valence-electron chi connectivity index (χ0n) is 31.0. The molecule has 0 aliphatic carbocycles. The normalized spacial score (nSPS) is 17.7. The van der Waals surface area contributed by atoms with Crippen LogP contribution in [0.5, 0.6) is 0 Å². The van der Waals surface area contributed by atoms with Gasteiger partial charge in [-0.15, -0.1) is 0 Å². The number of nitrogens with zero attached hydrogens (tertiary/aromatic N) is 7. The molecule has 4 aromatic rings. The third-order valence-electron chi connectivity index (χ3n) is 10.1. The van der Waals surface area contributed by atoms with Gasteiger partial charge in [0.15, 0.2) is 0 Å². The highest BCUT2D eigenvalue weighted by Crippen LogP contribution is 2.37. The van der Waals surface area contributed by atoms with Crippen molar-refractivity contribution in [2.75, 3.05) is 59.3 Å². The fraction of sp³-hybridized carbons (Fsp3) is 0.324. The van der Waals surface area contributed by atoms with Gasteiger partial charge in [0.2, 0.25) is 27.8 Å². The predicted octanol–water partition coefficient (Wildman–Crippen LogP) is 4.13. The molecule has 16 nitrogen and oxygen atoms in total. The van der Waals surface area contributed by atoms with E-state index in [0.29, 0.717) is 54.6 Å². The number of imide groups is 2. The molecule has 4 amide bonds. The number of hydrogen-bond acceptors (Lipinski definition) is 13. The molecule has 0 bridgehead atoms. The van der Waals surface area contributed by atoms with Crippen LogP contribution in [-0.2, 0) is 38.9 Å². The van der Waals surface area contributed by atoms with Crippen LogP contribution in [0.2, 0.25) is 0 Å². The number of carbonyl (C=O) groups is 4. The Bertz CT molecular complexity index is 2410. The van der Waals surface area contributed by atoms with Crippen molar-refractivity contribution >= 4 is 78.5 Å². The molecule has 5 heterocycles. The van der Waals surface area contributed by atoms with Crippen molar-refractivity contribution in [2.45, 2.75) is 38.1 Å². The second-order valence-electron chi connectivity index (χ2n) is 13.9. The highest BCUT2D eigenvalue weighted by Gasteiger charge is 2.46. The fourth-order valence-corrected chi connectivity index (χ4v) is 8.06. The number of fused-ring (bicyclic) bond motifs is 1. The molecule has 3 aliphatic rings. The Morgan fingerprint density at radius 2 is 1.69 bits per heavy atom. The van der Waals surface area contributed by atoms with E-state index in [1.54, 1.807) is 36.4 Å². The number of piperazine rings is 1. The highest BCUT2D eigenvalue weighted by atomic mass is 79.9. The van der Waals surface area contributed by atoms with Gasteiger partial charge in [-0.3, -0.25) is 38.6 Å². The Morgan fingerprint density at radius 1 is 0.966 bits per heavy atom. The summed E-state index contributed by atoms with van der Waals surface area (Å²) in [4.78, 5) is 68.1. The number of aromatic nitrogens is 3. The molecule has 3 aliphatic heterocycles. The summed E-state index contributed by atoms with van der Waals surface area (Å²) >= 11 is 3.55. The molecule has 0 radical (unpaired) electrons. The van der Waals surface area contributed by atoms with Crippen LogP contribution in [-0.4, -0.2) is 102 Å². The third-order valence-corrected chi connectivity index (χ3v) is 12.2. The number of sulfonamides is 1. The first kappa shape index (κ1) is 40.5. The molecule has 2 aromatic heterocycles. The van der Waals surface area contributed by atoms with Gasteiger partial charge in [0.1, 0.15) is 23.2 Å². The molecule has 1 unspecified atom stereocenters. The molecule has 2 fully saturated rings. The number of amides is 4. The van der Waals surface area contributed by atoms with Crippen LogP contribution >= 0.6 is 15.9 Å². The molecular formula is C37H36BrF3N10O6S. The lowest BCUT2D eigenvalue weighted by Crippen LogP contribution is -2.54. The molecule has 0 spiro atoms. The van der Waals surface area contributed by atoms with Crippen molar-refractivity contribution in [1.82, 2.24) is 30.1 Å². The van der Waals surface area contributed by atoms with E-state index in [4.69, 9.17) is 0 Å². The van der Waals surface area contributed by atoms with Gasteiger partial charge in [-0.05, 0) is 64.3 Å². The number of nitrogens with one attached hydrogen (secondary N) is 3. The average molecular weight is 886 g/mol. The maximum absolute atomic E-state index is 13.9. The number of rotatable bonds is 11. The van der Waals surface area contributed by atoms with Gasteiger partial charge < -0.3 is 15.5 Å². The predicted molar refractivity (Wildman–Crippen MR) is 210 cm³/mol. The van der Waals surface area contributed by atoms with Crippen LogP contribution in [0, 0.1) is 0 Å². The van der Waals surface area contributed by atoms with Crippen molar-refractivity contribution in [3.8, 4) is 0 Å². The summed E-state index contributed by atoms with van der Waals surface area (Å²) in [6.07, 6.45) is -1.61. The third kappa shape index (κ3) is 8.32. The van der Waals surface area contributed by atoms with Crippen molar-refractivity contribution in [3.05, 3.63) is 93.2 Å². The molecule has 3 N–H and O–H groups in total. The fourth-order valence-electron chi connectivity index (χ4n) is 6.94. The van der Waals surface area contributed by atoms with Crippen LogP contribution in [0.1, 0.15) is 50.2 Å². The van der Waals surface area contributed by atoms with Crippen LogP contribution in [0.25, 0.3) is 0 Å². The van der Waals surface area contributed by atoms with E-state index in [1.165, 1.54) is 13.2 Å². The molecule has 58 heavy (non-hydrogen) atoms. The molecular weight excluding hydrogens is 849 g/mol. The van der Waals surface area contributed by atoms with Gasteiger partial charge in [-0.25, -0.2) is 18.4 Å². The van der Waals surface area contributed by atoms with Gasteiger partial charge in [-0.1, -0.05) is 12.1 Å². The summed E-state index contributed by atoms with van der Waals surface area (Å²) in [5.74, 6) is -2.79. The van der Waals surface area contributed by atoms with E-state index in [2.05, 4.69) is 56.6 Å². The first-order chi connectivity index (χ1) is 27.5. The summed E-state index contributed by atoms with van der Waals surface area (Å²) in [7, 11) is -2.38. The number of anilines is 5. The number of hydrogen-bond donors (Lipinski definition) is 3. The van der Waals surface area contributed by atoms with E-state index < -0.39 is 57.3 Å². The first-order valence-corrected chi connectivity index (χ1v) is 20.6. The number of pyridine rings is 1. The van der Waals surface area contributed by atoms with Crippen molar-refractivity contribution < 1.29 is 40.8 Å². The second kappa shape index (κ2) is 15.9. The van der Waals surface area contributed by atoms with Gasteiger partial charge in [-0.2, -0.15) is 18.2 Å². The summed E-state index contributed by atoms with van der Waals surface area (Å²) in [6.45, 7) is 2.99. The zero-order chi connectivity index (χ0) is 41.5. The van der Waals surface area contributed by atoms with E-state index in [9.17, 15) is 40.8 Å². The lowest BCUT2D eigenvalue weighted by atomic mass is 10.0. The number of piperidine rings is 1. The lowest BCUT2D eigenvalue weighted by Gasteiger charge is -2.36. The summed E-state index contributed by atoms with van der Waals surface area (Å²) in [5.41, 5.74) is 1.89. The van der Waals surface area contributed by atoms with Crippen molar-refractivity contribution in [1.29, 1.82) is 0 Å². The quantitative estimate of drug-likeness (QED) is 0.183. The van der Waals surface area contributed by atoms with Crippen LogP contribution in [0.4, 0.5) is 42.1 Å². The topological polar surface area (TPSA) is 190 Å². The zero-order valence-corrected chi connectivity index (χ0v) is 33.4. The summed E-state index contributed by atoms with van der Waals surface area (Å²) < 4.78 is 67.5. The van der Waals surface area contributed by atoms with E-state index in [0.717, 1.165) is 26.7 Å². The van der Waals surface area contributed by atoms with E-state index >= 15 is 0 Å². The second-order valence-corrected chi connectivity index (χ2v) is 16.7. The minimum atomic E-state index is -4.77. The minimum Gasteiger partial charge on any atom is -0.369 e. The van der Waals surface area contributed by atoms with Crippen LogP contribution < -0.4 is 25.2 Å². The monoisotopic (exact) mass is 884 g/mol. The van der Waals surface area contributed by atoms with Gasteiger partial charge in [0.05, 0.1) is 17.4 Å². The molecule has 1 atom stereocenters. The average Bonchev–Trinajstić information content (AvgIpc) is 3.43. The highest BCUT2D eigenvalue weighted by molar-refractivity contribution is 9.10. The van der Waals surface area contributed by atoms with Gasteiger partial charge in [0.25, 0.3) is 11.8 Å². The molecule has 304 valence electrons. The Hall–Kier alpha value is -5.67. The van der Waals surface area contributed by atoms with Crippen LogP contribution in [0.15, 0.2) is 65.4 Å². The van der Waals surface area contributed by atoms with Gasteiger partial charge >= 0.3 is 6.18 Å². The molecule has 21 heteroatoms. The Morgan fingerprint density at radius 3 is 2.36 bits per heavy atom. The Labute approximate surface area is 339 Å². The standard InChI is InChI=1S/C37H36BrF3N10O6S/c1-48(58(2,56)57)32-21(4-3-13-42-32)18-43-31-26(37(39,40)41)19-44-36(47-31)45-23-6-8-24(9-7-23)50-16-14-49(15-17-50)20-22-5-10-25-29(30(22)38)35(55)51(34(25)54)27-11-12-28(52)46-33(27)53/h3-10,13,19,27H,11-12,14-18,20H2,1-2H3,(H,46,52,53)(H2,43,44,45,47). The largest absolute Gasteiger partial charge is 0.421 e. The number of carbonyl (C=O) groups excluding carboxylic acids is 4. The smallest absolute Gasteiger partial charge is 0.369 e. The van der Waals surface area contributed by atoms with Crippen molar-refractivity contribution in [2.24, 2.45) is 0 Å². The van der Waals surface area contributed by atoms with E-state index in [1.807, 2.05) is 12.1 Å². The molecule has 2 aromatic carbocycles. The Kier molecular flexibility index (Phi) is 11.1. The number of halogens is 4. The first-order valence-electron chi connectivity index (χ1n) is 17.9. The molecule has 7 rings (SSSR count). The molecule has 2 saturated heterocycles. The van der Waals surface area contributed by atoms with Crippen molar-refractivity contribution in [3.63, 3.8) is 0 Å². The summed E-state index contributed by atoms with van der Waals surface area (Å²) in [6, 6.07) is 12.7. The number of alkyl halides is 3. The Balaban J connectivity index is 0.970. The maximum Gasteiger partial charge on any atom is 0.421 e. The maximum atomic E-state index is 13.9. The van der Waals surface area contributed by atoms with Crippen LogP contribution in [0.3, 0.4) is 0 Å².